The van der Waals surface area contributed by atoms with Crippen LogP contribution >= 0.6 is 0 Å². The van der Waals surface area contributed by atoms with E-state index in [1.165, 1.54) is 37.6 Å². The molecule has 0 aliphatic heterocycles. The Morgan fingerprint density at radius 3 is 2.45 bits per heavy atom. The molecule has 0 saturated carbocycles. The molecule has 0 aliphatic carbocycles. The van der Waals surface area contributed by atoms with Gasteiger partial charge in [-0.25, -0.2) is 13.2 Å². The molecule has 0 fully saturated rings. The number of carbonyl (C=O) groups is 1. The van der Waals surface area contributed by atoms with Gasteiger partial charge in [0.25, 0.3) is 10.0 Å². The zero-order chi connectivity index (χ0) is 16.3. The number of esters is 1. The number of ether oxygens (including phenoxy) is 1. The Balaban J connectivity index is 2.25. The first-order valence-corrected chi connectivity index (χ1v) is 8.11. The third-order valence-electron chi connectivity index (χ3n) is 3.21. The number of carbonyl (C=O) groups excluding carboxylic acids is 1. The Morgan fingerprint density at radius 2 is 1.95 bits per heavy atom. The van der Waals surface area contributed by atoms with Crippen LogP contribution in [-0.2, 0) is 21.3 Å². The first kappa shape index (κ1) is 16.0. The molecule has 7 nitrogen and oxygen atoms in total. The number of hydrogen-bond acceptors (Lipinski definition) is 5. The van der Waals surface area contributed by atoms with E-state index in [0.717, 1.165) is 0 Å². The molecule has 1 aromatic heterocycles. The summed E-state index contributed by atoms with van der Waals surface area (Å²) in [5.74, 6) is -0.477. The molecule has 0 unspecified atom stereocenters. The fourth-order valence-electron chi connectivity index (χ4n) is 2.01. The summed E-state index contributed by atoms with van der Waals surface area (Å²) < 4.78 is 33.4. The van der Waals surface area contributed by atoms with Gasteiger partial charge in [0, 0.05) is 12.2 Å². The molecule has 0 atom stereocenters. The standard InChI is InChI=1S/C14H17N3O4S/c1-4-17-10(2)13(9-15-17)22(19,20)16-12-7-5-11(6-8-12)14(18)21-3/h5-9,16H,4H2,1-3H3. The SMILES string of the molecule is CCn1ncc(S(=O)(=O)Nc2ccc(C(=O)OC)cc2)c1C. The van der Waals surface area contributed by atoms with Crippen molar-refractivity contribution in [2.24, 2.45) is 0 Å². The van der Waals surface area contributed by atoms with Crippen molar-refractivity contribution in [1.29, 1.82) is 0 Å². The van der Waals surface area contributed by atoms with Crippen LogP contribution in [0.2, 0.25) is 0 Å². The highest BCUT2D eigenvalue weighted by Gasteiger charge is 2.20. The zero-order valence-corrected chi connectivity index (χ0v) is 13.3. The van der Waals surface area contributed by atoms with E-state index in [9.17, 15) is 13.2 Å². The van der Waals surface area contributed by atoms with Crippen molar-refractivity contribution >= 4 is 21.7 Å². The van der Waals surface area contributed by atoms with E-state index in [4.69, 9.17) is 0 Å². The molecule has 118 valence electrons. The van der Waals surface area contributed by atoms with Crippen molar-refractivity contribution in [3.63, 3.8) is 0 Å². The molecule has 22 heavy (non-hydrogen) atoms. The van der Waals surface area contributed by atoms with E-state index in [2.05, 4.69) is 14.6 Å². The number of hydrogen-bond donors (Lipinski definition) is 1. The second-order valence-electron chi connectivity index (χ2n) is 4.58. The Morgan fingerprint density at radius 1 is 1.32 bits per heavy atom. The van der Waals surface area contributed by atoms with Crippen molar-refractivity contribution in [2.75, 3.05) is 11.8 Å². The normalized spacial score (nSPS) is 11.2. The van der Waals surface area contributed by atoms with Crippen molar-refractivity contribution in [3.05, 3.63) is 41.7 Å². The summed E-state index contributed by atoms with van der Waals surface area (Å²) in [4.78, 5) is 11.5. The molecule has 0 amide bonds. The quantitative estimate of drug-likeness (QED) is 0.847. The molecule has 2 aromatic rings. The van der Waals surface area contributed by atoms with E-state index in [1.807, 2.05) is 6.92 Å². The largest absolute Gasteiger partial charge is 0.465 e. The van der Waals surface area contributed by atoms with Crippen molar-refractivity contribution < 1.29 is 17.9 Å². The van der Waals surface area contributed by atoms with Crippen molar-refractivity contribution in [3.8, 4) is 0 Å². The minimum atomic E-state index is -3.72. The first-order chi connectivity index (χ1) is 10.4. The highest BCUT2D eigenvalue weighted by molar-refractivity contribution is 7.92. The summed E-state index contributed by atoms with van der Waals surface area (Å²) in [6, 6.07) is 5.99. The third-order valence-corrected chi connectivity index (χ3v) is 4.69. The fraction of sp³-hybridized carbons (Fsp3) is 0.286. The number of aryl methyl sites for hydroxylation is 1. The summed E-state index contributed by atoms with van der Waals surface area (Å²) in [6.45, 7) is 4.18. The predicted octanol–water partition coefficient (Wildman–Crippen LogP) is 1.80. The van der Waals surface area contributed by atoms with Gasteiger partial charge >= 0.3 is 5.97 Å². The van der Waals surface area contributed by atoms with Crippen LogP contribution in [0.15, 0.2) is 35.4 Å². The van der Waals surface area contributed by atoms with Crippen LogP contribution in [0.3, 0.4) is 0 Å². The lowest BCUT2D eigenvalue weighted by Crippen LogP contribution is -2.14. The first-order valence-electron chi connectivity index (χ1n) is 6.62. The summed E-state index contributed by atoms with van der Waals surface area (Å²) in [5, 5.41) is 4.03. The molecule has 2 rings (SSSR count). The summed E-state index contributed by atoms with van der Waals surface area (Å²) >= 11 is 0. The molecule has 0 bridgehead atoms. The van der Waals surface area contributed by atoms with Gasteiger partial charge in [0.15, 0.2) is 0 Å². The van der Waals surface area contributed by atoms with Crippen LogP contribution in [0.1, 0.15) is 23.0 Å². The van der Waals surface area contributed by atoms with Crippen LogP contribution in [0, 0.1) is 6.92 Å². The van der Waals surface area contributed by atoms with Gasteiger partial charge < -0.3 is 4.74 Å². The highest BCUT2D eigenvalue weighted by Crippen LogP contribution is 2.19. The minimum Gasteiger partial charge on any atom is -0.465 e. The van der Waals surface area contributed by atoms with Crippen molar-refractivity contribution in [2.45, 2.75) is 25.3 Å². The second kappa shape index (κ2) is 6.18. The molecule has 0 spiro atoms. The Hall–Kier alpha value is -2.35. The molecule has 1 N–H and O–H groups in total. The smallest absolute Gasteiger partial charge is 0.337 e. The predicted molar refractivity (Wildman–Crippen MR) is 81.2 cm³/mol. The Bertz CT molecular complexity index is 779. The van der Waals surface area contributed by atoms with E-state index in [1.54, 1.807) is 11.6 Å². The number of anilines is 1. The molecular weight excluding hydrogens is 306 g/mol. The summed E-state index contributed by atoms with van der Waals surface area (Å²) in [5.41, 5.74) is 1.28. The lowest BCUT2D eigenvalue weighted by molar-refractivity contribution is 0.0601. The van der Waals surface area contributed by atoms with Crippen LogP contribution in [0.5, 0.6) is 0 Å². The Labute approximate surface area is 129 Å². The molecule has 1 aromatic carbocycles. The maximum Gasteiger partial charge on any atom is 0.337 e. The number of nitrogens with one attached hydrogen (secondary N) is 1. The lowest BCUT2D eigenvalue weighted by Gasteiger charge is -2.08. The van der Waals surface area contributed by atoms with Crippen LogP contribution in [-0.4, -0.2) is 31.3 Å². The topological polar surface area (TPSA) is 90.3 Å². The van der Waals surface area contributed by atoms with Crippen LogP contribution in [0.4, 0.5) is 5.69 Å². The number of sulfonamides is 1. The number of aromatic nitrogens is 2. The van der Waals surface area contributed by atoms with E-state index in [-0.39, 0.29) is 4.90 Å². The third kappa shape index (κ3) is 3.11. The van der Waals surface area contributed by atoms with Gasteiger partial charge in [-0.05, 0) is 38.1 Å². The molecule has 1 heterocycles. The average molecular weight is 323 g/mol. The number of nitrogens with zero attached hydrogens (tertiary/aromatic N) is 2. The van der Waals surface area contributed by atoms with Crippen LogP contribution in [0.25, 0.3) is 0 Å². The molecule has 0 aliphatic rings. The highest BCUT2D eigenvalue weighted by atomic mass is 32.2. The second-order valence-corrected chi connectivity index (χ2v) is 6.24. The lowest BCUT2D eigenvalue weighted by atomic mass is 10.2. The van der Waals surface area contributed by atoms with Gasteiger partial charge in [0.2, 0.25) is 0 Å². The van der Waals surface area contributed by atoms with Gasteiger partial charge in [0.05, 0.1) is 24.6 Å². The van der Waals surface area contributed by atoms with Gasteiger partial charge in [-0.2, -0.15) is 5.10 Å². The molecular formula is C14H17N3O4S. The molecule has 0 saturated heterocycles. The maximum absolute atomic E-state index is 12.4. The minimum absolute atomic E-state index is 0.131. The summed E-state index contributed by atoms with van der Waals surface area (Å²) in [6.07, 6.45) is 1.32. The number of rotatable bonds is 5. The summed E-state index contributed by atoms with van der Waals surface area (Å²) in [7, 11) is -2.44. The maximum atomic E-state index is 12.4. The zero-order valence-electron chi connectivity index (χ0n) is 12.5. The van der Waals surface area contributed by atoms with Crippen molar-refractivity contribution in [1.82, 2.24) is 9.78 Å². The van der Waals surface area contributed by atoms with Gasteiger partial charge in [0.1, 0.15) is 4.90 Å². The number of methoxy groups -OCH3 is 1. The molecule has 0 radical (unpaired) electrons. The number of benzene rings is 1. The van der Waals surface area contributed by atoms with Crippen LogP contribution < -0.4 is 4.72 Å². The fourth-order valence-corrected chi connectivity index (χ4v) is 3.25. The Kier molecular flexibility index (Phi) is 4.51. The molecule has 8 heteroatoms. The average Bonchev–Trinajstić information content (AvgIpc) is 2.88. The van der Waals surface area contributed by atoms with E-state index < -0.39 is 16.0 Å². The van der Waals surface area contributed by atoms with Gasteiger partial charge in [-0.3, -0.25) is 9.40 Å². The van der Waals surface area contributed by atoms with E-state index in [0.29, 0.717) is 23.5 Å². The van der Waals surface area contributed by atoms with Gasteiger partial charge in [-0.15, -0.1) is 0 Å². The monoisotopic (exact) mass is 323 g/mol. The van der Waals surface area contributed by atoms with Gasteiger partial charge in [-0.1, -0.05) is 0 Å². The van der Waals surface area contributed by atoms with E-state index >= 15 is 0 Å².